The number of amides is 1. The fourth-order valence-corrected chi connectivity index (χ4v) is 3.25. The number of hydrogen-bond acceptors (Lipinski definition) is 4. The number of nitrogens with one attached hydrogen (secondary N) is 1. The van der Waals surface area contributed by atoms with Crippen molar-refractivity contribution in [3.63, 3.8) is 0 Å². The second-order valence-corrected chi connectivity index (χ2v) is 5.30. The van der Waals surface area contributed by atoms with Gasteiger partial charge in [0.25, 0.3) is 0 Å². The van der Waals surface area contributed by atoms with E-state index in [2.05, 4.69) is 5.32 Å². The standard InChI is InChI=1S/C13H19N3O2/c1-16-9-7-18-12(14)10(9)15-13(17)11(16)8-5-3-2-4-6-8/h7-8,11H,2-6,14H2,1H3,(H,15,17). The van der Waals surface area contributed by atoms with Gasteiger partial charge in [-0.15, -0.1) is 0 Å². The summed E-state index contributed by atoms with van der Waals surface area (Å²) in [4.78, 5) is 14.3. The Morgan fingerprint density at radius 1 is 1.39 bits per heavy atom. The van der Waals surface area contributed by atoms with Crippen LogP contribution in [-0.4, -0.2) is 19.0 Å². The summed E-state index contributed by atoms with van der Waals surface area (Å²) in [5.74, 6) is 0.769. The van der Waals surface area contributed by atoms with Crippen LogP contribution in [0.1, 0.15) is 32.1 Å². The van der Waals surface area contributed by atoms with Gasteiger partial charge in [0.2, 0.25) is 11.8 Å². The maximum atomic E-state index is 12.3. The molecule has 2 aliphatic rings. The van der Waals surface area contributed by atoms with Crippen LogP contribution in [0.4, 0.5) is 17.3 Å². The highest BCUT2D eigenvalue weighted by Crippen LogP contribution is 2.41. The molecule has 1 aromatic rings. The highest BCUT2D eigenvalue weighted by molar-refractivity contribution is 6.06. The molecule has 3 rings (SSSR count). The van der Waals surface area contributed by atoms with Gasteiger partial charge in [-0.05, 0) is 18.8 Å². The van der Waals surface area contributed by atoms with Gasteiger partial charge in [0.1, 0.15) is 23.7 Å². The van der Waals surface area contributed by atoms with Gasteiger partial charge < -0.3 is 20.4 Å². The summed E-state index contributed by atoms with van der Waals surface area (Å²) in [6, 6.07) is -0.0881. The Kier molecular flexibility index (Phi) is 2.69. The van der Waals surface area contributed by atoms with Crippen LogP contribution < -0.4 is 16.0 Å². The van der Waals surface area contributed by atoms with Gasteiger partial charge in [0, 0.05) is 7.05 Å². The van der Waals surface area contributed by atoms with Crippen LogP contribution in [0, 0.1) is 5.92 Å². The smallest absolute Gasteiger partial charge is 0.247 e. The molecule has 0 spiro atoms. The highest BCUT2D eigenvalue weighted by Gasteiger charge is 2.38. The molecule has 1 aliphatic heterocycles. The lowest BCUT2D eigenvalue weighted by atomic mass is 9.82. The minimum absolute atomic E-state index is 0.0463. The summed E-state index contributed by atoms with van der Waals surface area (Å²) in [5.41, 5.74) is 7.21. The van der Waals surface area contributed by atoms with Crippen LogP contribution in [0.3, 0.4) is 0 Å². The van der Waals surface area contributed by atoms with Crippen LogP contribution in [0.25, 0.3) is 0 Å². The topological polar surface area (TPSA) is 71.5 Å². The number of anilines is 3. The maximum Gasteiger partial charge on any atom is 0.247 e. The summed E-state index contributed by atoms with van der Waals surface area (Å²) in [7, 11) is 1.95. The molecule has 1 fully saturated rings. The van der Waals surface area contributed by atoms with Gasteiger partial charge in [0.05, 0.1) is 0 Å². The molecule has 1 aliphatic carbocycles. The normalized spacial score (nSPS) is 24.8. The largest absolute Gasteiger partial charge is 0.445 e. The van der Waals surface area contributed by atoms with Gasteiger partial charge in [-0.3, -0.25) is 4.79 Å². The molecule has 1 atom stereocenters. The van der Waals surface area contributed by atoms with Crippen molar-refractivity contribution in [2.24, 2.45) is 5.92 Å². The maximum absolute atomic E-state index is 12.3. The Bertz CT molecular complexity index is 463. The molecule has 1 saturated carbocycles. The molecule has 1 amide bonds. The number of nitrogens with zero attached hydrogens (tertiary/aromatic N) is 1. The first-order chi connectivity index (χ1) is 8.68. The second kappa shape index (κ2) is 4.23. The van der Waals surface area contributed by atoms with Gasteiger partial charge in [0.15, 0.2) is 0 Å². The monoisotopic (exact) mass is 249 g/mol. The number of nitrogens with two attached hydrogens (primary N) is 1. The zero-order chi connectivity index (χ0) is 12.7. The van der Waals surface area contributed by atoms with Gasteiger partial charge in [-0.2, -0.15) is 0 Å². The SMILES string of the molecule is CN1c2coc(N)c2NC(=O)C1C1CCCCC1. The van der Waals surface area contributed by atoms with Crippen molar-refractivity contribution in [2.45, 2.75) is 38.1 Å². The van der Waals surface area contributed by atoms with E-state index in [4.69, 9.17) is 10.2 Å². The number of fused-ring (bicyclic) bond motifs is 1. The van der Waals surface area contributed by atoms with E-state index in [1.807, 2.05) is 11.9 Å². The van der Waals surface area contributed by atoms with Crippen molar-refractivity contribution in [2.75, 3.05) is 23.0 Å². The molecule has 3 N–H and O–H groups in total. The number of likely N-dealkylation sites (N-methyl/N-ethyl adjacent to an activating group) is 1. The number of rotatable bonds is 1. The Balaban J connectivity index is 1.90. The Morgan fingerprint density at radius 2 is 2.11 bits per heavy atom. The summed E-state index contributed by atoms with van der Waals surface area (Å²) in [6.45, 7) is 0. The first kappa shape index (κ1) is 11.4. The summed E-state index contributed by atoms with van der Waals surface area (Å²) >= 11 is 0. The van der Waals surface area contributed by atoms with Crippen LogP contribution in [-0.2, 0) is 4.79 Å². The zero-order valence-electron chi connectivity index (χ0n) is 10.6. The molecule has 2 heterocycles. The lowest BCUT2D eigenvalue weighted by molar-refractivity contribution is -0.119. The molecule has 18 heavy (non-hydrogen) atoms. The molecule has 0 aromatic carbocycles. The average Bonchev–Trinajstić information content (AvgIpc) is 2.73. The molecule has 1 aromatic heterocycles. The Morgan fingerprint density at radius 3 is 2.83 bits per heavy atom. The molecule has 5 nitrogen and oxygen atoms in total. The van der Waals surface area contributed by atoms with Crippen molar-refractivity contribution >= 4 is 23.2 Å². The number of carbonyl (C=O) groups excluding carboxylic acids is 1. The summed E-state index contributed by atoms with van der Waals surface area (Å²) in [5, 5.41) is 2.89. The van der Waals surface area contributed by atoms with Crippen LogP contribution in [0.5, 0.6) is 0 Å². The zero-order valence-corrected chi connectivity index (χ0v) is 10.6. The van der Waals surface area contributed by atoms with E-state index in [0.29, 0.717) is 11.6 Å². The van der Waals surface area contributed by atoms with E-state index >= 15 is 0 Å². The number of nitrogen functional groups attached to an aromatic ring is 1. The quantitative estimate of drug-likeness (QED) is 0.800. The van der Waals surface area contributed by atoms with Crippen molar-refractivity contribution in [1.82, 2.24) is 0 Å². The number of hydrogen-bond donors (Lipinski definition) is 2. The minimum Gasteiger partial charge on any atom is -0.445 e. The second-order valence-electron chi connectivity index (χ2n) is 5.30. The first-order valence-corrected chi connectivity index (χ1v) is 6.59. The van der Waals surface area contributed by atoms with Crippen molar-refractivity contribution in [3.8, 4) is 0 Å². The van der Waals surface area contributed by atoms with E-state index in [1.54, 1.807) is 6.26 Å². The first-order valence-electron chi connectivity index (χ1n) is 6.59. The molecular formula is C13H19N3O2. The van der Waals surface area contributed by atoms with Crippen LogP contribution in [0.15, 0.2) is 10.7 Å². The fourth-order valence-electron chi connectivity index (χ4n) is 3.25. The summed E-state index contributed by atoms with van der Waals surface area (Å²) in [6.07, 6.45) is 7.62. The van der Waals surface area contributed by atoms with Gasteiger partial charge in [-0.1, -0.05) is 19.3 Å². The van der Waals surface area contributed by atoms with Crippen molar-refractivity contribution < 1.29 is 9.21 Å². The molecule has 1 unspecified atom stereocenters. The van der Waals surface area contributed by atoms with Crippen LogP contribution in [0.2, 0.25) is 0 Å². The number of carbonyl (C=O) groups is 1. The predicted molar refractivity (Wildman–Crippen MR) is 70.5 cm³/mol. The van der Waals surface area contributed by atoms with Gasteiger partial charge >= 0.3 is 0 Å². The van der Waals surface area contributed by atoms with Crippen LogP contribution >= 0.6 is 0 Å². The molecule has 5 heteroatoms. The Labute approximate surface area is 106 Å². The lowest BCUT2D eigenvalue weighted by Gasteiger charge is -2.39. The Hall–Kier alpha value is -1.65. The third kappa shape index (κ3) is 1.65. The van der Waals surface area contributed by atoms with E-state index in [-0.39, 0.29) is 17.8 Å². The lowest BCUT2D eigenvalue weighted by Crippen LogP contribution is -2.50. The minimum atomic E-state index is -0.0881. The molecule has 98 valence electrons. The molecule has 0 radical (unpaired) electrons. The van der Waals surface area contributed by atoms with E-state index in [1.165, 1.54) is 19.3 Å². The molecule has 0 bridgehead atoms. The van der Waals surface area contributed by atoms with E-state index in [0.717, 1.165) is 18.5 Å². The van der Waals surface area contributed by atoms with Crippen molar-refractivity contribution in [3.05, 3.63) is 6.26 Å². The molecular weight excluding hydrogens is 230 g/mol. The third-order valence-electron chi connectivity index (χ3n) is 4.21. The fraction of sp³-hybridized carbons (Fsp3) is 0.615. The number of furan rings is 1. The summed E-state index contributed by atoms with van der Waals surface area (Å²) < 4.78 is 5.19. The third-order valence-corrected chi connectivity index (χ3v) is 4.21. The molecule has 0 saturated heterocycles. The predicted octanol–water partition coefficient (Wildman–Crippen LogP) is 2.20. The highest BCUT2D eigenvalue weighted by atomic mass is 16.3. The van der Waals surface area contributed by atoms with E-state index in [9.17, 15) is 4.79 Å². The van der Waals surface area contributed by atoms with Gasteiger partial charge in [-0.25, -0.2) is 0 Å². The van der Waals surface area contributed by atoms with Crippen molar-refractivity contribution in [1.29, 1.82) is 0 Å². The van der Waals surface area contributed by atoms with E-state index < -0.39 is 0 Å². The average molecular weight is 249 g/mol.